The molecule has 0 bridgehead atoms. The highest BCUT2D eigenvalue weighted by atomic mass is 13.8. The van der Waals surface area contributed by atoms with Gasteiger partial charge in [-0.15, -0.1) is 0 Å². The maximum absolute atomic E-state index is 2.16. The van der Waals surface area contributed by atoms with Gasteiger partial charge in [-0.2, -0.15) is 0 Å². The van der Waals surface area contributed by atoms with Crippen LogP contribution in [-0.2, 0) is 0 Å². The molecule has 0 aromatic carbocycles. The van der Waals surface area contributed by atoms with Crippen molar-refractivity contribution in [3.05, 3.63) is 36.0 Å². The van der Waals surface area contributed by atoms with Crippen molar-refractivity contribution in [2.45, 2.75) is 27.2 Å². The van der Waals surface area contributed by atoms with Crippen LogP contribution in [-0.4, -0.2) is 0 Å². The minimum Gasteiger partial charge on any atom is -0.0877 e. The van der Waals surface area contributed by atoms with Gasteiger partial charge < -0.3 is 0 Å². The molecule has 0 N–H and O–H groups in total. The molecular formula is C10H16. The summed E-state index contributed by atoms with van der Waals surface area (Å²) in [6, 6.07) is 0. The van der Waals surface area contributed by atoms with Crippen LogP contribution in [0.15, 0.2) is 36.0 Å². The van der Waals surface area contributed by atoms with E-state index in [1.54, 1.807) is 0 Å². The molecule has 0 radical (unpaired) electrons. The summed E-state index contributed by atoms with van der Waals surface area (Å²) in [6.45, 7) is 6.26. The first-order valence-corrected chi connectivity index (χ1v) is 3.77. The highest BCUT2D eigenvalue weighted by Crippen LogP contribution is 1.95. The van der Waals surface area contributed by atoms with Crippen LogP contribution in [0, 0.1) is 0 Å². The normalized spacial score (nSPS) is 13.7. The molecule has 0 aromatic rings. The van der Waals surface area contributed by atoms with E-state index in [4.69, 9.17) is 0 Å². The lowest BCUT2D eigenvalue weighted by Gasteiger charge is -1.85. The van der Waals surface area contributed by atoms with E-state index in [9.17, 15) is 0 Å². The molecule has 0 aromatic heterocycles. The molecule has 0 heterocycles. The Bertz CT molecular complexity index is 147. The Morgan fingerprint density at radius 3 is 2.60 bits per heavy atom. The smallest absolute Gasteiger partial charge is 0.0376 e. The average molecular weight is 136 g/mol. The first-order valence-electron chi connectivity index (χ1n) is 3.77. The van der Waals surface area contributed by atoms with Gasteiger partial charge in [0, 0.05) is 0 Å². The standard InChI is InChI=1S/C10H16/c1-4-6-8-10(3)9-7-5-2/h4,6-9H,5H2,1-3H3. The molecule has 0 saturated heterocycles. The minimum absolute atomic E-state index is 1.11. The third kappa shape index (κ3) is 5.36. The summed E-state index contributed by atoms with van der Waals surface area (Å²) in [7, 11) is 0. The fourth-order valence-electron chi connectivity index (χ4n) is 0.607. The SMILES string of the molecule is CC=CC=C(C)C=CCC. The van der Waals surface area contributed by atoms with Gasteiger partial charge in [0.05, 0.1) is 0 Å². The molecule has 0 atom stereocenters. The Hall–Kier alpha value is -0.780. The Kier molecular flexibility index (Phi) is 5.85. The fourth-order valence-corrected chi connectivity index (χ4v) is 0.607. The van der Waals surface area contributed by atoms with Crippen molar-refractivity contribution in [1.29, 1.82) is 0 Å². The summed E-state index contributed by atoms with van der Waals surface area (Å²) >= 11 is 0. The lowest BCUT2D eigenvalue weighted by molar-refractivity contribution is 1.22. The van der Waals surface area contributed by atoms with E-state index in [1.165, 1.54) is 5.57 Å². The van der Waals surface area contributed by atoms with Crippen LogP contribution in [0.1, 0.15) is 27.2 Å². The predicted molar refractivity (Wildman–Crippen MR) is 48.0 cm³/mol. The van der Waals surface area contributed by atoms with Crippen LogP contribution in [0.5, 0.6) is 0 Å². The van der Waals surface area contributed by atoms with Gasteiger partial charge in [-0.1, -0.05) is 42.9 Å². The van der Waals surface area contributed by atoms with Crippen molar-refractivity contribution in [2.24, 2.45) is 0 Å². The molecule has 0 fully saturated rings. The quantitative estimate of drug-likeness (QED) is 0.521. The van der Waals surface area contributed by atoms with Crippen molar-refractivity contribution >= 4 is 0 Å². The monoisotopic (exact) mass is 136 g/mol. The molecule has 0 rings (SSSR count). The molecule has 0 nitrogen and oxygen atoms in total. The van der Waals surface area contributed by atoms with E-state index in [0.29, 0.717) is 0 Å². The van der Waals surface area contributed by atoms with Gasteiger partial charge in [0.25, 0.3) is 0 Å². The zero-order chi connectivity index (χ0) is 7.82. The first kappa shape index (κ1) is 9.22. The second-order valence-electron chi connectivity index (χ2n) is 2.25. The molecule has 0 aliphatic carbocycles. The Labute approximate surface area is 64.0 Å². The van der Waals surface area contributed by atoms with Crippen LogP contribution in [0.4, 0.5) is 0 Å². The van der Waals surface area contributed by atoms with Gasteiger partial charge in [-0.3, -0.25) is 0 Å². The summed E-state index contributed by atoms with van der Waals surface area (Å²) in [6.07, 6.45) is 11.6. The number of hydrogen-bond acceptors (Lipinski definition) is 0. The van der Waals surface area contributed by atoms with Crippen molar-refractivity contribution < 1.29 is 0 Å². The maximum atomic E-state index is 2.16. The molecule has 10 heavy (non-hydrogen) atoms. The fraction of sp³-hybridized carbons (Fsp3) is 0.400. The molecule has 0 amide bonds. The Morgan fingerprint density at radius 1 is 1.40 bits per heavy atom. The highest BCUT2D eigenvalue weighted by Gasteiger charge is 1.74. The molecule has 56 valence electrons. The maximum Gasteiger partial charge on any atom is -0.0376 e. The van der Waals surface area contributed by atoms with Gasteiger partial charge in [0.15, 0.2) is 0 Å². The van der Waals surface area contributed by atoms with E-state index in [2.05, 4.69) is 38.2 Å². The van der Waals surface area contributed by atoms with Crippen molar-refractivity contribution in [3.8, 4) is 0 Å². The van der Waals surface area contributed by atoms with E-state index < -0.39 is 0 Å². The van der Waals surface area contributed by atoms with E-state index in [1.807, 2.05) is 13.0 Å². The largest absolute Gasteiger partial charge is 0.0877 e. The molecular weight excluding hydrogens is 120 g/mol. The van der Waals surface area contributed by atoms with Crippen LogP contribution < -0.4 is 0 Å². The van der Waals surface area contributed by atoms with Crippen molar-refractivity contribution in [3.63, 3.8) is 0 Å². The summed E-state index contributed by atoms with van der Waals surface area (Å²) in [5.41, 5.74) is 1.31. The third-order valence-electron chi connectivity index (χ3n) is 1.17. The first-order chi connectivity index (χ1) is 4.81. The second-order valence-corrected chi connectivity index (χ2v) is 2.25. The Balaban J connectivity index is 3.81. The average Bonchev–Trinajstić information content (AvgIpc) is 1.97. The third-order valence-corrected chi connectivity index (χ3v) is 1.17. The number of rotatable bonds is 3. The van der Waals surface area contributed by atoms with Gasteiger partial charge >= 0.3 is 0 Å². The predicted octanol–water partition coefficient (Wildman–Crippen LogP) is 3.48. The molecule has 0 saturated carbocycles. The highest BCUT2D eigenvalue weighted by molar-refractivity contribution is 5.20. The molecule has 0 aliphatic rings. The zero-order valence-corrected chi connectivity index (χ0v) is 7.09. The Morgan fingerprint density at radius 2 is 2.10 bits per heavy atom. The van der Waals surface area contributed by atoms with Gasteiger partial charge in [0.1, 0.15) is 0 Å². The van der Waals surface area contributed by atoms with Crippen LogP contribution in [0.25, 0.3) is 0 Å². The van der Waals surface area contributed by atoms with Crippen molar-refractivity contribution in [2.75, 3.05) is 0 Å². The molecule has 0 unspecified atom stereocenters. The topological polar surface area (TPSA) is 0 Å². The van der Waals surface area contributed by atoms with E-state index >= 15 is 0 Å². The molecule has 0 heteroatoms. The number of hydrogen-bond donors (Lipinski definition) is 0. The van der Waals surface area contributed by atoms with Gasteiger partial charge in [-0.05, 0) is 20.3 Å². The van der Waals surface area contributed by atoms with Gasteiger partial charge in [-0.25, -0.2) is 0 Å². The minimum atomic E-state index is 1.11. The zero-order valence-electron chi connectivity index (χ0n) is 7.09. The lowest BCUT2D eigenvalue weighted by Crippen LogP contribution is -1.64. The molecule has 0 aliphatic heterocycles. The summed E-state index contributed by atoms with van der Waals surface area (Å²) in [4.78, 5) is 0. The summed E-state index contributed by atoms with van der Waals surface area (Å²) < 4.78 is 0. The summed E-state index contributed by atoms with van der Waals surface area (Å²) in [5.74, 6) is 0. The summed E-state index contributed by atoms with van der Waals surface area (Å²) in [5, 5.41) is 0. The second kappa shape index (κ2) is 6.34. The van der Waals surface area contributed by atoms with Crippen LogP contribution in [0.2, 0.25) is 0 Å². The van der Waals surface area contributed by atoms with Crippen molar-refractivity contribution in [1.82, 2.24) is 0 Å². The van der Waals surface area contributed by atoms with Crippen LogP contribution >= 0.6 is 0 Å². The van der Waals surface area contributed by atoms with E-state index in [0.717, 1.165) is 6.42 Å². The van der Waals surface area contributed by atoms with Crippen LogP contribution in [0.3, 0.4) is 0 Å². The lowest BCUT2D eigenvalue weighted by atomic mass is 10.2. The molecule has 0 spiro atoms. The van der Waals surface area contributed by atoms with E-state index in [-0.39, 0.29) is 0 Å². The van der Waals surface area contributed by atoms with Gasteiger partial charge in [0.2, 0.25) is 0 Å². The number of allylic oxidation sites excluding steroid dienone is 6.